The van der Waals surface area contributed by atoms with Gasteiger partial charge >= 0.3 is 0 Å². The molecule has 0 aliphatic heterocycles. The Hall–Kier alpha value is -2.65. The van der Waals surface area contributed by atoms with Crippen molar-refractivity contribution in [3.63, 3.8) is 0 Å². The van der Waals surface area contributed by atoms with Gasteiger partial charge in [0.1, 0.15) is 11.6 Å². The summed E-state index contributed by atoms with van der Waals surface area (Å²) in [4.78, 5) is 16.5. The van der Waals surface area contributed by atoms with E-state index in [0.717, 1.165) is 11.5 Å². The molecule has 3 aromatic rings. The third kappa shape index (κ3) is 4.30. The van der Waals surface area contributed by atoms with Crippen molar-refractivity contribution >= 4 is 34.6 Å². The van der Waals surface area contributed by atoms with Gasteiger partial charge in [-0.05, 0) is 23.8 Å². The predicted molar refractivity (Wildman–Crippen MR) is 101 cm³/mol. The van der Waals surface area contributed by atoms with E-state index in [1.54, 1.807) is 24.3 Å². The highest BCUT2D eigenvalue weighted by Crippen LogP contribution is 2.18. The molecule has 0 aliphatic carbocycles. The number of benzene rings is 1. The lowest BCUT2D eigenvalue weighted by Crippen LogP contribution is -2.15. The van der Waals surface area contributed by atoms with Crippen LogP contribution in [0.5, 0.6) is 0 Å². The molecule has 0 unspecified atom stereocenters. The van der Waals surface area contributed by atoms with Gasteiger partial charge in [0.05, 0.1) is 18.5 Å². The van der Waals surface area contributed by atoms with E-state index in [4.69, 9.17) is 12.2 Å². The van der Waals surface area contributed by atoms with Gasteiger partial charge in [-0.3, -0.25) is 14.5 Å². The first-order valence-corrected chi connectivity index (χ1v) is 9.08. The number of carbonyl (C=O) groups excluding carboxylic acids is 1. The molecule has 2 heterocycles. The molecule has 0 saturated heterocycles. The number of anilines is 1. The number of nitrogens with one attached hydrogen (secondary N) is 2. The number of hydrogen-bond donors (Lipinski definition) is 2. The van der Waals surface area contributed by atoms with Crippen molar-refractivity contribution in [1.29, 1.82) is 0 Å². The molecule has 2 aromatic heterocycles. The fraction of sp³-hybridized carbons (Fsp3) is 0.176. The first-order valence-electron chi connectivity index (χ1n) is 7.79. The van der Waals surface area contributed by atoms with E-state index in [9.17, 15) is 9.18 Å². The number of carbonyl (C=O) groups is 1. The number of thiazole rings is 1. The fourth-order valence-electron chi connectivity index (χ4n) is 2.39. The Morgan fingerprint density at radius 1 is 1.46 bits per heavy atom. The summed E-state index contributed by atoms with van der Waals surface area (Å²) < 4.78 is 16.0. The van der Waals surface area contributed by atoms with E-state index >= 15 is 0 Å². The molecule has 0 spiro atoms. The third-order valence-electron chi connectivity index (χ3n) is 3.60. The van der Waals surface area contributed by atoms with E-state index in [1.807, 2.05) is 9.95 Å². The average molecular weight is 389 g/mol. The maximum atomic E-state index is 13.6. The minimum absolute atomic E-state index is 0.0421. The number of aromatic nitrogens is 4. The molecule has 2 N–H and O–H groups in total. The molecule has 0 saturated carbocycles. The Bertz CT molecular complexity index is 991. The van der Waals surface area contributed by atoms with Crippen molar-refractivity contribution in [3.8, 4) is 0 Å². The van der Waals surface area contributed by atoms with Gasteiger partial charge in [0.15, 0.2) is 9.90 Å². The zero-order valence-electron chi connectivity index (χ0n) is 13.7. The second-order valence-electron chi connectivity index (χ2n) is 5.48. The molecule has 9 heteroatoms. The number of amides is 1. The van der Waals surface area contributed by atoms with Crippen LogP contribution >= 0.6 is 23.6 Å². The molecular formula is C17H16FN5OS2. The predicted octanol–water partition coefficient (Wildman–Crippen LogP) is 3.49. The van der Waals surface area contributed by atoms with Gasteiger partial charge in [-0.1, -0.05) is 24.3 Å². The Morgan fingerprint density at radius 3 is 3.04 bits per heavy atom. The molecule has 0 aliphatic rings. The van der Waals surface area contributed by atoms with Crippen LogP contribution < -0.4 is 5.32 Å². The van der Waals surface area contributed by atoms with Crippen LogP contribution in [0.1, 0.15) is 17.1 Å². The van der Waals surface area contributed by atoms with Crippen molar-refractivity contribution in [2.24, 2.45) is 0 Å². The highest BCUT2D eigenvalue weighted by atomic mass is 32.1. The van der Waals surface area contributed by atoms with Crippen LogP contribution in [0.15, 0.2) is 42.3 Å². The summed E-state index contributed by atoms with van der Waals surface area (Å²) in [7, 11) is 0. The molecule has 6 nitrogen and oxygen atoms in total. The first-order chi connectivity index (χ1) is 12.6. The molecule has 134 valence electrons. The number of allylic oxidation sites excluding steroid dienone is 1. The average Bonchev–Trinajstić information content (AvgIpc) is 3.19. The van der Waals surface area contributed by atoms with E-state index in [0.29, 0.717) is 28.4 Å². The van der Waals surface area contributed by atoms with Crippen LogP contribution in [0, 0.1) is 10.6 Å². The van der Waals surface area contributed by atoms with Gasteiger partial charge in [-0.15, -0.1) is 17.9 Å². The summed E-state index contributed by atoms with van der Waals surface area (Å²) in [5.74, 6) is 0.0299. The second-order valence-corrected chi connectivity index (χ2v) is 6.73. The Morgan fingerprint density at radius 2 is 2.27 bits per heavy atom. The van der Waals surface area contributed by atoms with Crippen LogP contribution in [0.3, 0.4) is 0 Å². The SMILES string of the molecule is C=CCn1c(Cc2csc(NC(=O)Cc3ccccc3F)n2)n[nH]c1=S. The van der Waals surface area contributed by atoms with E-state index in [2.05, 4.69) is 27.1 Å². The van der Waals surface area contributed by atoms with Gasteiger partial charge < -0.3 is 5.32 Å². The quantitative estimate of drug-likeness (QED) is 0.479. The van der Waals surface area contributed by atoms with Crippen LogP contribution in [0.4, 0.5) is 9.52 Å². The van der Waals surface area contributed by atoms with Gasteiger partial charge in [-0.25, -0.2) is 9.37 Å². The van der Waals surface area contributed by atoms with E-state index in [1.165, 1.54) is 17.4 Å². The Labute approximate surface area is 158 Å². The van der Waals surface area contributed by atoms with Gasteiger partial charge in [0, 0.05) is 11.9 Å². The standard InChI is InChI=1S/C17H16FN5OS2/c1-2-7-23-14(21-22-17(23)25)9-12-10-26-16(19-12)20-15(24)8-11-5-3-4-6-13(11)18/h2-6,10H,1,7-9H2,(H,22,25)(H,19,20,24). The van der Waals surface area contributed by atoms with Crippen LogP contribution in [0.25, 0.3) is 0 Å². The van der Waals surface area contributed by atoms with Gasteiger partial charge in [0.2, 0.25) is 5.91 Å². The Balaban J connectivity index is 1.65. The smallest absolute Gasteiger partial charge is 0.230 e. The van der Waals surface area contributed by atoms with E-state index in [-0.39, 0.29) is 12.3 Å². The third-order valence-corrected chi connectivity index (χ3v) is 4.71. The second kappa shape index (κ2) is 8.15. The largest absolute Gasteiger partial charge is 0.302 e. The molecule has 3 rings (SSSR count). The van der Waals surface area contributed by atoms with Crippen LogP contribution in [-0.4, -0.2) is 25.7 Å². The minimum atomic E-state index is -0.396. The first kappa shape index (κ1) is 18.2. The number of aromatic amines is 1. The van der Waals surface area contributed by atoms with Crippen molar-refractivity contribution in [2.75, 3.05) is 5.32 Å². The number of rotatable bonds is 7. The highest BCUT2D eigenvalue weighted by Gasteiger charge is 2.12. The van der Waals surface area contributed by atoms with E-state index < -0.39 is 5.82 Å². The minimum Gasteiger partial charge on any atom is -0.302 e. The van der Waals surface area contributed by atoms with Crippen LogP contribution in [0.2, 0.25) is 0 Å². The molecule has 0 bridgehead atoms. The number of nitrogens with zero attached hydrogens (tertiary/aromatic N) is 3. The molecule has 0 fully saturated rings. The topological polar surface area (TPSA) is 75.6 Å². The molecular weight excluding hydrogens is 373 g/mol. The fourth-order valence-corrected chi connectivity index (χ4v) is 3.34. The maximum absolute atomic E-state index is 13.6. The molecule has 26 heavy (non-hydrogen) atoms. The normalized spacial score (nSPS) is 10.7. The number of hydrogen-bond acceptors (Lipinski definition) is 5. The summed E-state index contributed by atoms with van der Waals surface area (Å²) >= 11 is 6.49. The summed E-state index contributed by atoms with van der Waals surface area (Å²) in [6.45, 7) is 4.26. The number of H-pyrrole nitrogens is 1. The van der Waals surface area contributed by atoms with Crippen molar-refractivity contribution in [2.45, 2.75) is 19.4 Å². The lowest BCUT2D eigenvalue weighted by molar-refractivity contribution is -0.115. The molecule has 1 amide bonds. The van der Waals surface area contributed by atoms with Crippen molar-refractivity contribution in [1.82, 2.24) is 19.7 Å². The van der Waals surface area contributed by atoms with Gasteiger partial charge in [0.25, 0.3) is 0 Å². The summed E-state index contributed by atoms with van der Waals surface area (Å²) in [5, 5.41) is 12.0. The summed E-state index contributed by atoms with van der Waals surface area (Å²) in [5.41, 5.74) is 1.11. The summed E-state index contributed by atoms with van der Waals surface area (Å²) in [6.07, 6.45) is 2.17. The lowest BCUT2D eigenvalue weighted by atomic mass is 10.1. The number of halogens is 1. The lowest BCUT2D eigenvalue weighted by Gasteiger charge is -2.03. The summed E-state index contributed by atoms with van der Waals surface area (Å²) in [6, 6.07) is 6.21. The van der Waals surface area contributed by atoms with Crippen molar-refractivity contribution in [3.05, 3.63) is 70.0 Å². The maximum Gasteiger partial charge on any atom is 0.230 e. The van der Waals surface area contributed by atoms with Crippen LogP contribution in [-0.2, 0) is 24.2 Å². The molecule has 0 atom stereocenters. The van der Waals surface area contributed by atoms with Gasteiger partial charge in [-0.2, -0.15) is 5.10 Å². The Kier molecular flexibility index (Phi) is 5.69. The molecule has 1 aromatic carbocycles. The zero-order valence-corrected chi connectivity index (χ0v) is 15.4. The van der Waals surface area contributed by atoms with Crippen molar-refractivity contribution < 1.29 is 9.18 Å². The highest BCUT2D eigenvalue weighted by molar-refractivity contribution is 7.71. The molecule has 0 radical (unpaired) electrons. The monoisotopic (exact) mass is 389 g/mol. The zero-order chi connectivity index (χ0) is 18.5.